The Labute approximate surface area is 230 Å². The lowest BCUT2D eigenvalue weighted by molar-refractivity contribution is -0.117. The maximum absolute atomic E-state index is 13.8. The molecule has 0 radical (unpaired) electrons. The molecule has 0 aliphatic carbocycles. The smallest absolute Gasteiger partial charge is 0.294 e. The van der Waals surface area contributed by atoms with Crippen molar-refractivity contribution in [3.63, 3.8) is 0 Å². The first-order valence-electron chi connectivity index (χ1n) is 12.8. The molecule has 4 aromatic carbocycles. The number of nitrogens with one attached hydrogen (secondary N) is 1. The maximum Gasteiger partial charge on any atom is 0.294 e. The van der Waals surface area contributed by atoms with Crippen LogP contribution in [-0.2, 0) is 11.3 Å². The van der Waals surface area contributed by atoms with Crippen LogP contribution in [0.5, 0.6) is 17.2 Å². The number of carbonyl (C=O) groups excluding carboxylic acids is 2. The zero-order valence-electron chi connectivity index (χ0n) is 21.4. The van der Waals surface area contributed by atoms with E-state index in [1.807, 2.05) is 36.4 Å². The van der Waals surface area contributed by atoms with Gasteiger partial charge in [-0.1, -0.05) is 48.5 Å². The fraction of sp³-hybridized carbons (Fsp3) is 0.125. The van der Waals surface area contributed by atoms with Crippen molar-refractivity contribution in [3.8, 4) is 17.2 Å². The molecule has 2 amide bonds. The predicted molar refractivity (Wildman–Crippen MR) is 148 cm³/mol. The minimum Gasteiger partial charge on any atom is -0.486 e. The van der Waals surface area contributed by atoms with E-state index in [1.165, 1.54) is 12.1 Å². The third kappa shape index (κ3) is 5.37. The van der Waals surface area contributed by atoms with E-state index in [4.69, 9.17) is 14.2 Å². The SMILES string of the molecule is O=C(NCC1COc2ccccc2O1)c1ccc(/C=C2\Oc3ccccc3N(Cc3cccc(F)c3)C2=O)cc1. The summed E-state index contributed by atoms with van der Waals surface area (Å²) < 4.78 is 31.3. The molecule has 1 unspecified atom stereocenters. The van der Waals surface area contributed by atoms with Crippen molar-refractivity contribution in [2.24, 2.45) is 0 Å². The molecule has 2 aliphatic heterocycles. The summed E-state index contributed by atoms with van der Waals surface area (Å²) in [5, 5.41) is 2.88. The second-order valence-corrected chi connectivity index (χ2v) is 9.43. The first kappa shape index (κ1) is 25.2. The molecular formula is C32H25FN2O5. The number of hydrogen-bond acceptors (Lipinski definition) is 5. The molecule has 8 heteroatoms. The molecule has 6 rings (SSSR count). The van der Waals surface area contributed by atoms with Gasteiger partial charge in [-0.25, -0.2) is 4.39 Å². The number of hydrogen-bond donors (Lipinski definition) is 1. The summed E-state index contributed by atoms with van der Waals surface area (Å²) >= 11 is 0. The molecule has 2 aliphatic rings. The molecule has 40 heavy (non-hydrogen) atoms. The maximum atomic E-state index is 13.8. The second kappa shape index (κ2) is 10.9. The van der Waals surface area contributed by atoms with E-state index >= 15 is 0 Å². The standard InChI is InChI=1S/C32H25FN2O5/c33-24-7-5-6-22(16-24)19-35-26-8-1-2-9-27(26)40-30(32(35)37)17-21-12-14-23(15-13-21)31(36)34-18-25-20-38-28-10-3-4-11-29(28)39-25/h1-17,25H,18-20H2,(H,34,36)/b30-17-. The van der Waals surface area contributed by atoms with Crippen LogP contribution in [0.15, 0.2) is 103 Å². The van der Waals surface area contributed by atoms with E-state index < -0.39 is 0 Å². The van der Waals surface area contributed by atoms with Gasteiger partial charge in [0.15, 0.2) is 23.0 Å². The summed E-state index contributed by atoms with van der Waals surface area (Å²) in [5.41, 5.74) is 2.42. The number of halogens is 1. The minimum absolute atomic E-state index is 0.127. The largest absolute Gasteiger partial charge is 0.486 e. The average molecular weight is 537 g/mol. The van der Waals surface area contributed by atoms with Crippen molar-refractivity contribution < 1.29 is 28.2 Å². The Balaban J connectivity index is 1.14. The monoisotopic (exact) mass is 536 g/mol. The Morgan fingerprint density at radius 1 is 0.925 bits per heavy atom. The van der Waals surface area contributed by atoms with Crippen molar-refractivity contribution in [2.45, 2.75) is 12.6 Å². The average Bonchev–Trinajstić information content (AvgIpc) is 2.98. The Bertz CT molecular complexity index is 1600. The summed E-state index contributed by atoms with van der Waals surface area (Å²) in [6.45, 7) is 0.827. The van der Waals surface area contributed by atoms with Gasteiger partial charge in [0.1, 0.15) is 18.5 Å². The van der Waals surface area contributed by atoms with Gasteiger partial charge in [0.2, 0.25) is 0 Å². The molecule has 0 fully saturated rings. The van der Waals surface area contributed by atoms with Crippen molar-refractivity contribution in [1.29, 1.82) is 0 Å². The number of nitrogens with zero attached hydrogens (tertiary/aromatic N) is 1. The van der Waals surface area contributed by atoms with E-state index in [0.717, 1.165) is 0 Å². The Morgan fingerprint density at radius 3 is 2.48 bits per heavy atom. The minimum atomic E-state index is -0.365. The summed E-state index contributed by atoms with van der Waals surface area (Å²) in [7, 11) is 0. The lowest BCUT2D eigenvalue weighted by Crippen LogP contribution is -2.40. The number of carbonyl (C=O) groups is 2. The molecule has 0 saturated carbocycles. The van der Waals surface area contributed by atoms with Crippen LogP contribution in [0.2, 0.25) is 0 Å². The molecule has 1 atom stereocenters. The number of fused-ring (bicyclic) bond motifs is 2. The molecule has 200 valence electrons. The fourth-order valence-electron chi connectivity index (χ4n) is 4.59. The van der Waals surface area contributed by atoms with E-state index in [-0.39, 0.29) is 36.0 Å². The number of benzene rings is 4. The summed E-state index contributed by atoms with van der Waals surface area (Å²) in [5.74, 6) is 1.04. The van der Waals surface area contributed by atoms with Gasteiger partial charge in [-0.2, -0.15) is 0 Å². The number of rotatable bonds is 6. The van der Waals surface area contributed by atoms with Crippen LogP contribution in [0, 0.1) is 5.82 Å². The third-order valence-corrected chi connectivity index (χ3v) is 6.59. The molecule has 2 heterocycles. The zero-order chi connectivity index (χ0) is 27.5. The van der Waals surface area contributed by atoms with Crippen molar-refractivity contribution in [2.75, 3.05) is 18.1 Å². The predicted octanol–water partition coefficient (Wildman–Crippen LogP) is 5.36. The van der Waals surface area contributed by atoms with Crippen LogP contribution in [0.25, 0.3) is 6.08 Å². The molecule has 0 aromatic heterocycles. The highest BCUT2D eigenvalue weighted by atomic mass is 19.1. The summed E-state index contributed by atoms with van der Waals surface area (Å²) in [6.07, 6.45) is 1.33. The molecular weight excluding hydrogens is 511 g/mol. The van der Waals surface area contributed by atoms with E-state index in [0.29, 0.717) is 52.8 Å². The molecule has 0 spiro atoms. The summed E-state index contributed by atoms with van der Waals surface area (Å²) in [6, 6.07) is 27.6. The Kier molecular flexibility index (Phi) is 6.89. The topological polar surface area (TPSA) is 77.1 Å². The van der Waals surface area contributed by atoms with Crippen molar-refractivity contribution in [1.82, 2.24) is 5.32 Å². The van der Waals surface area contributed by atoms with Gasteiger partial charge in [0, 0.05) is 5.56 Å². The Morgan fingerprint density at radius 2 is 1.68 bits per heavy atom. The van der Waals surface area contributed by atoms with Gasteiger partial charge in [0.05, 0.1) is 18.8 Å². The van der Waals surface area contributed by atoms with Crippen LogP contribution in [-0.4, -0.2) is 31.1 Å². The van der Waals surface area contributed by atoms with Gasteiger partial charge >= 0.3 is 0 Å². The van der Waals surface area contributed by atoms with Gasteiger partial charge in [-0.3, -0.25) is 14.5 Å². The lowest BCUT2D eigenvalue weighted by Gasteiger charge is -2.30. The van der Waals surface area contributed by atoms with Gasteiger partial charge < -0.3 is 19.5 Å². The summed E-state index contributed by atoms with van der Waals surface area (Å²) in [4.78, 5) is 27.7. The second-order valence-electron chi connectivity index (χ2n) is 9.43. The molecule has 0 saturated heterocycles. The van der Waals surface area contributed by atoms with Crippen LogP contribution in [0.4, 0.5) is 10.1 Å². The van der Waals surface area contributed by atoms with Crippen LogP contribution >= 0.6 is 0 Å². The van der Waals surface area contributed by atoms with Crippen LogP contribution in [0.1, 0.15) is 21.5 Å². The number of amides is 2. The normalized spacial score (nSPS) is 16.7. The van der Waals surface area contributed by atoms with Gasteiger partial charge in [-0.05, 0) is 65.7 Å². The third-order valence-electron chi connectivity index (χ3n) is 6.59. The van der Waals surface area contributed by atoms with Crippen molar-refractivity contribution in [3.05, 3.63) is 125 Å². The van der Waals surface area contributed by atoms with Crippen LogP contribution in [0.3, 0.4) is 0 Å². The van der Waals surface area contributed by atoms with E-state index in [9.17, 15) is 14.0 Å². The highest BCUT2D eigenvalue weighted by Gasteiger charge is 2.30. The number of anilines is 1. The quantitative estimate of drug-likeness (QED) is 0.336. The first-order chi connectivity index (χ1) is 19.5. The van der Waals surface area contributed by atoms with Crippen LogP contribution < -0.4 is 24.4 Å². The molecule has 4 aromatic rings. The van der Waals surface area contributed by atoms with Gasteiger partial charge in [0.25, 0.3) is 11.8 Å². The lowest BCUT2D eigenvalue weighted by atomic mass is 10.1. The highest BCUT2D eigenvalue weighted by molar-refractivity contribution is 6.09. The number of ether oxygens (including phenoxy) is 3. The first-order valence-corrected chi connectivity index (χ1v) is 12.8. The van der Waals surface area contributed by atoms with E-state index in [2.05, 4.69) is 5.32 Å². The Hall–Kier alpha value is -5.11. The van der Waals surface area contributed by atoms with Gasteiger partial charge in [-0.15, -0.1) is 0 Å². The van der Waals surface area contributed by atoms with E-state index in [1.54, 1.807) is 59.5 Å². The van der Waals surface area contributed by atoms with Crippen molar-refractivity contribution >= 4 is 23.6 Å². The molecule has 1 N–H and O–H groups in total. The molecule has 7 nitrogen and oxygen atoms in total. The molecule has 0 bridgehead atoms. The highest BCUT2D eigenvalue weighted by Crippen LogP contribution is 2.36. The fourth-order valence-corrected chi connectivity index (χ4v) is 4.59. The number of para-hydroxylation sites is 4. The zero-order valence-corrected chi connectivity index (χ0v) is 21.4.